The van der Waals surface area contributed by atoms with E-state index < -0.39 is 0 Å². The van der Waals surface area contributed by atoms with Crippen LogP contribution in [-0.4, -0.2) is 30.8 Å². The number of ether oxygens (including phenoxy) is 1. The highest BCUT2D eigenvalue weighted by Crippen LogP contribution is 2.28. The highest BCUT2D eigenvalue weighted by atomic mass is 16.5. The Labute approximate surface area is 119 Å². The maximum atomic E-state index is 8.65. The Hall–Kier alpha value is -1.59. The third-order valence-electron chi connectivity index (χ3n) is 3.35. The molecule has 110 valence electrons. The Kier molecular flexibility index (Phi) is 5.83. The van der Waals surface area contributed by atoms with Crippen molar-refractivity contribution in [3.05, 3.63) is 35.4 Å². The first-order chi connectivity index (χ1) is 9.79. The molecule has 0 radical (unpaired) electrons. The summed E-state index contributed by atoms with van der Waals surface area (Å²) in [6.45, 7) is 3.46. The van der Waals surface area contributed by atoms with Crippen molar-refractivity contribution in [2.75, 3.05) is 19.8 Å². The van der Waals surface area contributed by atoms with Gasteiger partial charge in [0.25, 0.3) is 0 Å². The van der Waals surface area contributed by atoms with E-state index in [1.807, 2.05) is 24.3 Å². The largest absolute Gasteiger partial charge is 0.409 e. The summed E-state index contributed by atoms with van der Waals surface area (Å²) in [4.78, 5) is 0. The average Bonchev–Trinajstić information content (AvgIpc) is 3.30. The molecule has 1 aromatic carbocycles. The van der Waals surface area contributed by atoms with Gasteiger partial charge in [0.15, 0.2) is 5.84 Å². The van der Waals surface area contributed by atoms with Crippen LogP contribution in [0.15, 0.2) is 29.4 Å². The first-order valence-electron chi connectivity index (χ1n) is 7.15. The summed E-state index contributed by atoms with van der Waals surface area (Å²) in [5.41, 5.74) is 7.42. The lowest BCUT2D eigenvalue weighted by molar-refractivity contribution is 0.122. The number of hydrogen-bond donors (Lipinski definition) is 3. The van der Waals surface area contributed by atoms with Gasteiger partial charge in [-0.3, -0.25) is 0 Å². The van der Waals surface area contributed by atoms with Crippen LogP contribution in [0.3, 0.4) is 0 Å². The van der Waals surface area contributed by atoms with Gasteiger partial charge >= 0.3 is 0 Å². The summed E-state index contributed by atoms with van der Waals surface area (Å²) >= 11 is 0. The maximum Gasteiger partial charge on any atom is 0.170 e. The molecule has 1 aliphatic carbocycles. The van der Waals surface area contributed by atoms with Gasteiger partial charge in [0.1, 0.15) is 0 Å². The first kappa shape index (κ1) is 14.8. The number of benzene rings is 1. The fourth-order valence-electron chi connectivity index (χ4n) is 1.96. The van der Waals surface area contributed by atoms with Crippen LogP contribution < -0.4 is 11.1 Å². The second kappa shape index (κ2) is 7.87. The van der Waals surface area contributed by atoms with Gasteiger partial charge in [0, 0.05) is 25.3 Å². The minimum Gasteiger partial charge on any atom is -0.409 e. The van der Waals surface area contributed by atoms with Crippen LogP contribution in [-0.2, 0) is 11.3 Å². The molecule has 1 saturated carbocycles. The molecular formula is C15H23N3O2. The number of oxime groups is 1. The molecule has 0 saturated heterocycles. The fraction of sp³-hybridized carbons (Fsp3) is 0.533. The van der Waals surface area contributed by atoms with E-state index in [1.54, 1.807) is 0 Å². The van der Waals surface area contributed by atoms with Gasteiger partial charge < -0.3 is 21.0 Å². The molecule has 0 atom stereocenters. The maximum absolute atomic E-state index is 8.65. The third-order valence-corrected chi connectivity index (χ3v) is 3.35. The van der Waals surface area contributed by atoms with Crippen LogP contribution in [0.2, 0.25) is 0 Å². The summed E-state index contributed by atoms with van der Waals surface area (Å²) in [5, 5.41) is 15.0. The van der Waals surface area contributed by atoms with E-state index >= 15 is 0 Å². The van der Waals surface area contributed by atoms with E-state index in [1.165, 1.54) is 12.8 Å². The molecule has 0 aromatic heterocycles. The van der Waals surface area contributed by atoms with Crippen LogP contribution in [0, 0.1) is 5.92 Å². The Balaban J connectivity index is 1.60. The zero-order chi connectivity index (χ0) is 14.2. The molecule has 0 amide bonds. The molecule has 0 aliphatic heterocycles. The minimum absolute atomic E-state index is 0.139. The standard InChI is InChI=1S/C15H23N3O2/c16-15(18-19)14-4-1-3-13(9-14)10-17-7-2-8-20-11-12-5-6-12/h1,3-4,9,12,17,19H,2,5-8,10-11H2,(H2,16,18). The zero-order valence-electron chi connectivity index (χ0n) is 11.7. The lowest BCUT2D eigenvalue weighted by Crippen LogP contribution is -2.18. The molecule has 4 N–H and O–H groups in total. The molecule has 5 heteroatoms. The van der Waals surface area contributed by atoms with E-state index in [2.05, 4.69) is 10.5 Å². The Morgan fingerprint density at radius 2 is 2.30 bits per heavy atom. The zero-order valence-corrected chi connectivity index (χ0v) is 11.7. The van der Waals surface area contributed by atoms with Gasteiger partial charge in [0.2, 0.25) is 0 Å². The molecule has 5 nitrogen and oxygen atoms in total. The molecule has 20 heavy (non-hydrogen) atoms. The van der Waals surface area contributed by atoms with E-state index in [0.29, 0.717) is 0 Å². The summed E-state index contributed by atoms with van der Waals surface area (Å²) in [6.07, 6.45) is 3.70. The quantitative estimate of drug-likeness (QED) is 0.211. The van der Waals surface area contributed by atoms with Gasteiger partial charge in [-0.2, -0.15) is 0 Å². The van der Waals surface area contributed by atoms with E-state index in [9.17, 15) is 0 Å². The average molecular weight is 277 g/mol. The first-order valence-corrected chi connectivity index (χ1v) is 7.15. The van der Waals surface area contributed by atoms with Crippen molar-refractivity contribution in [1.29, 1.82) is 0 Å². The van der Waals surface area contributed by atoms with Crippen molar-refractivity contribution in [2.45, 2.75) is 25.8 Å². The Morgan fingerprint density at radius 3 is 3.05 bits per heavy atom. The number of hydrogen-bond acceptors (Lipinski definition) is 4. The summed E-state index contributed by atoms with van der Waals surface area (Å²) in [7, 11) is 0. The molecule has 0 bridgehead atoms. The smallest absolute Gasteiger partial charge is 0.170 e. The molecule has 1 aromatic rings. The Morgan fingerprint density at radius 1 is 1.45 bits per heavy atom. The molecule has 0 unspecified atom stereocenters. The molecule has 1 fully saturated rings. The molecular weight excluding hydrogens is 254 g/mol. The van der Waals surface area contributed by atoms with Crippen molar-refractivity contribution in [3.8, 4) is 0 Å². The highest BCUT2D eigenvalue weighted by Gasteiger charge is 2.20. The number of rotatable bonds is 9. The number of nitrogens with one attached hydrogen (secondary N) is 1. The van der Waals surface area contributed by atoms with Crippen molar-refractivity contribution in [3.63, 3.8) is 0 Å². The molecule has 0 heterocycles. The topological polar surface area (TPSA) is 79.9 Å². The van der Waals surface area contributed by atoms with Crippen LogP contribution in [0.5, 0.6) is 0 Å². The second-order valence-corrected chi connectivity index (χ2v) is 5.23. The predicted octanol–water partition coefficient (Wildman–Crippen LogP) is 1.69. The normalized spacial score (nSPS) is 15.5. The van der Waals surface area contributed by atoms with Crippen molar-refractivity contribution < 1.29 is 9.94 Å². The number of nitrogens with zero attached hydrogens (tertiary/aromatic N) is 1. The summed E-state index contributed by atoms with van der Waals surface area (Å²) < 4.78 is 5.57. The van der Waals surface area contributed by atoms with Crippen LogP contribution >= 0.6 is 0 Å². The van der Waals surface area contributed by atoms with Gasteiger partial charge in [-0.15, -0.1) is 0 Å². The van der Waals surface area contributed by atoms with E-state index in [0.717, 1.165) is 49.8 Å². The lowest BCUT2D eigenvalue weighted by atomic mass is 10.1. The van der Waals surface area contributed by atoms with Gasteiger partial charge in [-0.1, -0.05) is 23.4 Å². The van der Waals surface area contributed by atoms with E-state index in [-0.39, 0.29) is 5.84 Å². The number of amidine groups is 1. The molecule has 2 rings (SSSR count). The van der Waals surface area contributed by atoms with Gasteiger partial charge in [-0.05, 0) is 43.4 Å². The van der Waals surface area contributed by atoms with Gasteiger partial charge in [-0.25, -0.2) is 0 Å². The van der Waals surface area contributed by atoms with Crippen LogP contribution in [0.25, 0.3) is 0 Å². The predicted molar refractivity (Wildman–Crippen MR) is 78.8 cm³/mol. The summed E-state index contributed by atoms with van der Waals surface area (Å²) in [6, 6.07) is 7.67. The minimum atomic E-state index is 0.139. The van der Waals surface area contributed by atoms with Crippen molar-refractivity contribution >= 4 is 5.84 Å². The SMILES string of the molecule is N/C(=N/O)c1cccc(CNCCCOCC2CC2)c1. The highest BCUT2D eigenvalue weighted by molar-refractivity contribution is 5.97. The molecule has 1 aliphatic rings. The Bertz CT molecular complexity index is 444. The third kappa shape index (κ3) is 5.19. The summed E-state index contributed by atoms with van der Waals surface area (Å²) in [5.74, 6) is 0.977. The van der Waals surface area contributed by atoms with E-state index in [4.69, 9.17) is 15.7 Å². The monoisotopic (exact) mass is 277 g/mol. The second-order valence-electron chi connectivity index (χ2n) is 5.23. The lowest BCUT2D eigenvalue weighted by Gasteiger charge is -2.07. The molecule has 0 spiro atoms. The number of nitrogens with two attached hydrogens (primary N) is 1. The van der Waals surface area contributed by atoms with Crippen molar-refractivity contribution in [1.82, 2.24) is 5.32 Å². The van der Waals surface area contributed by atoms with Crippen LogP contribution in [0.4, 0.5) is 0 Å². The van der Waals surface area contributed by atoms with Crippen molar-refractivity contribution in [2.24, 2.45) is 16.8 Å². The van der Waals surface area contributed by atoms with Crippen LogP contribution in [0.1, 0.15) is 30.4 Å². The fourth-order valence-corrected chi connectivity index (χ4v) is 1.96. The van der Waals surface area contributed by atoms with Gasteiger partial charge in [0.05, 0.1) is 0 Å².